The minimum atomic E-state index is -0.569. The van der Waals surface area contributed by atoms with E-state index >= 15 is 0 Å². The van der Waals surface area contributed by atoms with E-state index in [1.54, 1.807) is 0 Å². The number of rotatable bonds is 10. The summed E-state index contributed by atoms with van der Waals surface area (Å²) < 4.78 is 13.3. The summed E-state index contributed by atoms with van der Waals surface area (Å²) in [7, 11) is 0. The molecule has 1 aliphatic rings. The second kappa shape index (κ2) is 13.7. The van der Waals surface area contributed by atoms with Gasteiger partial charge in [-0.2, -0.15) is 0 Å². The lowest BCUT2D eigenvalue weighted by Gasteiger charge is -2.43. The van der Waals surface area contributed by atoms with Gasteiger partial charge < -0.3 is 19.9 Å². The Morgan fingerprint density at radius 2 is 1.32 bits per heavy atom. The molecule has 1 amide bonds. The number of hydrogen-bond acceptors (Lipinski definition) is 5. The van der Waals surface area contributed by atoms with Crippen LogP contribution in [0.15, 0.2) is 109 Å². The maximum Gasteiger partial charge on any atom is 0.221 e. The molecule has 0 unspecified atom stereocenters. The van der Waals surface area contributed by atoms with Gasteiger partial charge in [0.1, 0.15) is 0 Å². The highest BCUT2D eigenvalue weighted by molar-refractivity contribution is 5.88. The average Bonchev–Trinajstić information content (AvgIpc) is 2.99. The van der Waals surface area contributed by atoms with Crippen LogP contribution in [0.3, 0.4) is 0 Å². The average molecular weight is 551 g/mol. The Labute approximate surface area is 242 Å². The standard InChI is InChI=1S/C35H38N2O4/c1-25-33(23-37(21-27-9-5-3-6-10-27)22-28-11-7-4-8-12-28)40-35(31-17-19-32(20-18-31)36-26(2)39)41-34(25)30-15-13-29(24-38)14-16-30/h3-20,25,33-35,38H,21-24H2,1-2H3,(H,36,39)/t25-,33+,34+,35+/m0/s1. The first kappa shape index (κ1) is 28.7. The summed E-state index contributed by atoms with van der Waals surface area (Å²) in [6, 6.07) is 36.7. The number of amides is 1. The van der Waals surface area contributed by atoms with Crippen LogP contribution in [0.2, 0.25) is 0 Å². The van der Waals surface area contributed by atoms with Gasteiger partial charge in [0.2, 0.25) is 5.91 Å². The van der Waals surface area contributed by atoms with Gasteiger partial charge in [0.25, 0.3) is 0 Å². The first-order valence-electron chi connectivity index (χ1n) is 14.2. The number of aliphatic hydroxyl groups is 1. The number of carbonyl (C=O) groups is 1. The quantitative estimate of drug-likeness (QED) is 0.232. The molecule has 1 heterocycles. The van der Waals surface area contributed by atoms with Crippen LogP contribution >= 0.6 is 0 Å². The van der Waals surface area contributed by atoms with Crippen LogP contribution in [0.4, 0.5) is 5.69 Å². The van der Waals surface area contributed by atoms with E-state index in [0.717, 1.165) is 42.0 Å². The molecule has 0 spiro atoms. The zero-order valence-electron chi connectivity index (χ0n) is 23.6. The third kappa shape index (κ3) is 7.69. The molecule has 0 aromatic heterocycles. The smallest absolute Gasteiger partial charge is 0.221 e. The van der Waals surface area contributed by atoms with Gasteiger partial charge in [0.05, 0.1) is 18.8 Å². The summed E-state index contributed by atoms with van der Waals surface area (Å²) >= 11 is 0. The van der Waals surface area contributed by atoms with Gasteiger partial charge in [-0.05, 0) is 34.4 Å². The van der Waals surface area contributed by atoms with Gasteiger partial charge in [-0.25, -0.2) is 0 Å². The van der Waals surface area contributed by atoms with Crippen molar-refractivity contribution in [1.29, 1.82) is 0 Å². The second-order valence-corrected chi connectivity index (χ2v) is 10.8. The van der Waals surface area contributed by atoms with Gasteiger partial charge >= 0.3 is 0 Å². The molecule has 212 valence electrons. The maximum absolute atomic E-state index is 11.5. The summed E-state index contributed by atoms with van der Waals surface area (Å²) in [6.07, 6.45) is -0.879. The molecule has 0 radical (unpaired) electrons. The van der Waals surface area contributed by atoms with Crippen LogP contribution < -0.4 is 5.32 Å². The molecule has 0 bridgehead atoms. The normalized spacial score (nSPS) is 20.6. The largest absolute Gasteiger partial charge is 0.392 e. The van der Waals surface area contributed by atoms with E-state index in [0.29, 0.717) is 0 Å². The van der Waals surface area contributed by atoms with Crippen LogP contribution in [0.25, 0.3) is 0 Å². The van der Waals surface area contributed by atoms with Crippen LogP contribution in [-0.4, -0.2) is 28.6 Å². The molecule has 4 aromatic carbocycles. The molecule has 6 heteroatoms. The van der Waals surface area contributed by atoms with Gasteiger partial charge in [-0.1, -0.05) is 104 Å². The van der Waals surface area contributed by atoms with Crippen molar-refractivity contribution < 1.29 is 19.4 Å². The third-order valence-electron chi connectivity index (χ3n) is 7.56. The van der Waals surface area contributed by atoms with Crippen LogP contribution in [0.1, 0.15) is 54.1 Å². The van der Waals surface area contributed by atoms with Gasteiger partial charge in [-0.15, -0.1) is 0 Å². The first-order valence-corrected chi connectivity index (χ1v) is 14.2. The Kier molecular flexibility index (Phi) is 9.59. The van der Waals surface area contributed by atoms with Crippen molar-refractivity contribution in [2.75, 3.05) is 11.9 Å². The zero-order valence-corrected chi connectivity index (χ0v) is 23.6. The van der Waals surface area contributed by atoms with Crippen molar-refractivity contribution in [1.82, 2.24) is 4.90 Å². The fourth-order valence-corrected chi connectivity index (χ4v) is 5.38. The number of ether oxygens (including phenoxy) is 2. The molecular formula is C35H38N2O4. The number of hydrogen-bond donors (Lipinski definition) is 2. The molecule has 4 aromatic rings. The summed E-state index contributed by atoms with van der Waals surface area (Å²) in [4.78, 5) is 14.0. The molecule has 0 aliphatic carbocycles. The summed E-state index contributed by atoms with van der Waals surface area (Å²) in [5.41, 5.74) is 6.06. The highest BCUT2D eigenvalue weighted by Crippen LogP contribution is 2.42. The number of nitrogens with zero attached hydrogens (tertiary/aromatic N) is 1. The van der Waals surface area contributed by atoms with Gasteiger partial charge in [0.15, 0.2) is 6.29 Å². The first-order chi connectivity index (χ1) is 20.0. The molecule has 41 heavy (non-hydrogen) atoms. The predicted octanol–water partition coefficient (Wildman–Crippen LogP) is 6.63. The van der Waals surface area contributed by atoms with Crippen molar-refractivity contribution in [3.05, 3.63) is 137 Å². The van der Waals surface area contributed by atoms with Crippen LogP contribution in [0, 0.1) is 5.92 Å². The Morgan fingerprint density at radius 3 is 1.85 bits per heavy atom. The Hall–Kier alpha value is -3.81. The fraction of sp³-hybridized carbons (Fsp3) is 0.286. The Balaban J connectivity index is 1.43. The van der Waals surface area contributed by atoms with E-state index in [1.807, 2.05) is 60.7 Å². The lowest BCUT2D eigenvalue weighted by molar-refractivity contribution is -0.276. The van der Waals surface area contributed by atoms with Crippen molar-refractivity contribution in [2.45, 2.75) is 52.0 Å². The number of nitrogens with one attached hydrogen (secondary N) is 1. The highest BCUT2D eigenvalue weighted by atomic mass is 16.7. The van der Waals surface area contributed by atoms with Crippen molar-refractivity contribution in [3.63, 3.8) is 0 Å². The molecule has 1 fully saturated rings. The van der Waals surface area contributed by atoms with E-state index in [9.17, 15) is 9.90 Å². The number of benzene rings is 4. The topological polar surface area (TPSA) is 71.0 Å². The maximum atomic E-state index is 11.5. The Bertz CT molecular complexity index is 1340. The van der Waals surface area contributed by atoms with Crippen molar-refractivity contribution >= 4 is 11.6 Å². The predicted molar refractivity (Wildman–Crippen MR) is 161 cm³/mol. The molecule has 4 atom stereocenters. The lowest BCUT2D eigenvalue weighted by atomic mass is 9.89. The lowest BCUT2D eigenvalue weighted by Crippen LogP contribution is -2.44. The van der Waals surface area contributed by atoms with Gasteiger partial charge in [0, 0.05) is 43.7 Å². The fourth-order valence-electron chi connectivity index (χ4n) is 5.38. The number of anilines is 1. The van der Waals surface area contributed by atoms with E-state index in [4.69, 9.17) is 9.47 Å². The monoisotopic (exact) mass is 550 g/mol. The van der Waals surface area contributed by atoms with E-state index in [-0.39, 0.29) is 30.6 Å². The molecule has 2 N–H and O–H groups in total. The summed E-state index contributed by atoms with van der Waals surface area (Å²) in [5, 5.41) is 12.4. The molecule has 0 saturated carbocycles. The molecule has 1 saturated heterocycles. The van der Waals surface area contributed by atoms with E-state index < -0.39 is 6.29 Å². The van der Waals surface area contributed by atoms with Crippen molar-refractivity contribution in [3.8, 4) is 0 Å². The summed E-state index contributed by atoms with van der Waals surface area (Å²) in [6.45, 7) is 6.01. The van der Waals surface area contributed by atoms with E-state index in [2.05, 4.69) is 65.7 Å². The minimum absolute atomic E-state index is 0.00426. The SMILES string of the molecule is CC(=O)Nc1ccc([C@@H]2O[C@H](CN(Cc3ccccc3)Cc3ccccc3)[C@H](C)[C@H](c3ccc(CO)cc3)O2)cc1. The zero-order chi connectivity index (χ0) is 28.6. The van der Waals surface area contributed by atoms with Gasteiger partial charge in [-0.3, -0.25) is 9.69 Å². The molecule has 5 rings (SSSR count). The van der Waals surface area contributed by atoms with Crippen LogP contribution in [-0.2, 0) is 34.0 Å². The third-order valence-corrected chi connectivity index (χ3v) is 7.56. The number of aliphatic hydroxyl groups excluding tert-OH is 1. The summed E-state index contributed by atoms with van der Waals surface area (Å²) in [5.74, 6) is -0.0426. The molecular weight excluding hydrogens is 512 g/mol. The highest BCUT2D eigenvalue weighted by Gasteiger charge is 2.39. The Morgan fingerprint density at radius 1 is 0.756 bits per heavy atom. The molecule has 1 aliphatic heterocycles. The van der Waals surface area contributed by atoms with Crippen molar-refractivity contribution in [2.24, 2.45) is 5.92 Å². The van der Waals surface area contributed by atoms with E-state index in [1.165, 1.54) is 18.1 Å². The minimum Gasteiger partial charge on any atom is -0.392 e. The second-order valence-electron chi connectivity index (χ2n) is 10.8. The number of carbonyl (C=O) groups excluding carboxylic acids is 1. The van der Waals surface area contributed by atoms with Crippen LogP contribution in [0.5, 0.6) is 0 Å². The molecule has 6 nitrogen and oxygen atoms in total.